The van der Waals surface area contributed by atoms with Crippen LogP contribution in [0.5, 0.6) is 11.5 Å². The molecular weight excluding hydrogens is 676 g/mol. The highest BCUT2D eigenvalue weighted by Gasteiger charge is 2.71. The fourth-order valence-corrected chi connectivity index (χ4v) is 8.23. The average molecular weight is 699 g/mol. The number of allylic oxidation sites excluding steroid dienone is 4. The van der Waals surface area contributed by atoms with Crippen LogP contribution in [0.15, 0.2) is 110 Å². The number of fused-ring (bicyclic) bond motifs is 4. The van der Waals surface area contributed by atoms with E-state index in [4.69, 9.17) is 51.1 Å². The van der Waals surface area contributed by atoms with Crippen LogP contribution in [0.2, 0.25) is 0 Å². The molecule has 7 rings (SSSR count). The van der Waals surface area contributed by atoms with Gasteiger partial charge in [0.15, 0.2) is 11.6 Å². The number of phenolic OH excluding ortho intramolecular Hbond substituents is 1. The Balaban J connectivity index is 1.40. The van der Waals surface area contributed by atoms with Gasteiger partial charge in [-0.3, -0.25) is 9.59 Å². The summed E-state index contributed by atoms with van der Waals surface area (Å²) in [5, 5.41) is 10.3. The maximum atomic E-state index is 14.0. The van der Waals surface area contributed by atoms with Crippen molar-refractivity contribution in [1.29, 1.82) is 0 Å². The fourth-order valence-electron chi connectivity index (χ4n) is 6.71. The smallest absolute Gasteiger partial charge is 0.352 e. The molecule has 9 nitrogen and oxygen atoms in total. The van der Waals surface area contributed by atoms with Crippen molar-refractivity contribution in [2.24, 2.45) is 0 Å². The first-order valence-corrected chi connectivity index (χ1v) is 15.7. The maximum Gasteiger partial charge on any atom is 0.352 e. The molecule has 4 atom stereocenters. The minimum absolute atomic E-state index is 0.0655. The number of rotatable bonds is 5. The molecule has 0 bridgehead atoms. The van der Waals surface area contributed by atoms with E-state index < -0.39 is 54.7 Å². The van der Waals surface area contributed by atoms with Gasteiger partial charge in [0.25, 0.3) is 0 Å². The molecule has 1 aromatic heterocycles. The maximum absolute atomic E-state index is 14.0. The van der Waals surface area contributed by atoms with Gasteiger partial charge in [-0.05, 0) is 29.3 Å². The van der Waals surface area contributed by atoms with Crippen LogP contribution in [-0.2, 0) is 22.7 Å². The fraction of sp³-hybridized carbons (Fsp3) is 0.212. The Morgan fingerprint density at radius 3 is 2.17 bits per heavy atom. The van der Waals surface area contributed by atoms with Crippen LogP contribution in [0, 0.1) is 0 Å². The third kappa shape index (κ3) is 4.29. The number of hydrogen-bond acceptors (Lipinski definition) is 6. The SMILES string of the molecule is O=C1C(Cl)=C(Cl)C(=O)C2(Cl)C(c3ccc(OCc4ccccc4)cc3O)C3=CCn4c(=O)n(-c5ccccc5)c(=O)n4C3CC12Cl. The zero-order valence-electron chi connectivity index (χ0n) is 23.7. The number of alkyl halides is 2. The zero-order chi connectivity index (χ0) is 32.5. The van der Waals surface area contributed by atoms with Crippen LogP contribution in [0.4, 0.5) is 0 Å². The Kier molecular flexibility index (Phi) is 7.36. The molecule has 0 amide bonds. The highest BCUT2D eigenvalue weighted by atomic mass is 35.5. The Morgan fingerprint density at radius 2 is 1.50 bits per heavy atom. The molecule has 13 heteroatoms. The number of ether oxygens (including phenoxy) is 1. The van der Waals surface area contributed by atoms with E-state index >= 15 is 0 Å². The summed E-state index contributed by atoms with van der Waals surface area (Å²) in [6, 6.07) is 21.3. The summed E-state index contributed by atoms with van der Waals surface area (Å²) in [5.74, 6) is -3.06. The van der Waals surface area contributed by atoms with Gasteiger partial charge in [-0.15, -0.1) is 23.2 Å². The van der Waals surface area contributed by atoms with Gasteiger partial charge in [-0.25, -0.2) is 23.5 Å². The van der Waals surface area contributed by atoms with Gasteiger partial charge >= 0.3 is 11.4 Å². The normalized spacial score (nSPS) is 25.4. The van der Waals surface area contributed by atoms with E-state index in [9.17, 15) is 24.3 Å². The summed E-state index contributed by atoms with van der Waals surface area (Å²) in [6.07, 6.45) is 1.29. The second-order valence-electron chi connectivity index (χ2n) is 11.3. The summed E-state index contributed by atoms with van der Waals surface area (Å²) in [4.78, 5) is 50.9. The number of Topliss-reactive ketones (excluding diaryl/α,β-unsaturated/α-hetero) is 2. The minimum Gasteiger partial charge on any atom is -0.508 e. The summed E-state index contributed by atoms with van der Waals surface area (Å²) in [6.45, 7) is 0.162. The molecule has 234 valence electrons. The molecule has 3 aromatic carbocycles. The highest BCUT2D eigenvalue weighted by Crippen LogP contribution is 2.64. The summed E-state index contributed by atoms with van der Waals surface area (Å²) in [7, 11) is 0. The number of phenols is 1. The first kappa shape index (κ1) is 30.6. The predicted octanol–water partition coefficient (Wildman–Crippen LogP) is 5.55. The second kappa shape index (κ2) is 11.1. The number of carbonyl (C=O) groups is 2. The third-order valence-corrected chi connectivity index (χ3v) is 11.1. The molecule has 2 aliphatic carbocycles. The number of nitrogens with zero attached hydrogens (tertiary/aromatic N) is 3. The van der Waals surface area contributed by atoms with Crippen LogP contribution in [0.3, 0.4) is 0 Å². The molecule has 4 unspecified atom stereocenters. The van der Waals surface area contributed by atoms with Gasteiger partial charge in [0.1, 0.15) is 37.9 Å². The largest absolute Gasteiger partial charge is 0.508 e. The van der Waals surface area contributed by atoms with E-state index in [0.717, 1.165) is 10.1 Å². The number of benzene rings is 3. The minimum atomic E-state index is -2.26. The number of ketones is 2. The Hall–Kier alpha value is -4.02. The molecule has 3 aliphatic rings. The molecule has 0 radical (unpaired) electrons. The lowest BCUT2D eigenvalue weighted by atomic mass is 9.59. The van der Waals surface area contributed by atoms with Crippen molar-refractivity contribution in [3.63, 3.8) is 0 Å². The number of aromatic hydroxyl groups is 1. The lowest BCUT2D eigenvalue weighted by Gasteiger charge is -2.54. The summed E-state index contributed by atoms with van der Waals surface area (Å²) < 4.78 is 9.35. The van der Waals surface area contributed by atoms with Crippen molar-refractivity contribution in [3.8, 4) is 17.2 Å². The highest BCUT2D eigenvalue weighted by molar-refractivity contribution is 6.66. The van der Waals surface area contributed by atoms with Gasteiger partial charge in [0, 0.05) is 24.0 Å². The van der Waals surface area contributed by atoms with Gasteiger partial charge in [0.2, 0.25) is 0 Å². The van der Waals surface area contributed by atoms with Crippen LogP contribution in [0.25, 0.3) is 5.69 Å². The number of halogens is 4. The second-order valence-corrected chi connectivity index (χ2v) is 13.3. The molecule has 0 saturated heterocycles. The molecule has 46 heavy (non-hydrogen) atoms. The topological polar surface area (TPSA) is 113 Å². The number of aromatic nitrogens is 3. The van der Waals surface area contributed by atoms with E-state index in [1.165, 1.54) is 21.5 Å². The van der Waals surface area contributed by atoms with Crippen molar-refractivity contribution in [3.05, 3.63) is 133 Å². The molecular formula is C33H23Cl4N3O6. The van der Waals surface area contributed by atoms with Crippen LogP contribution < -0.4 is 16.1 Å². The lowest BCUT2D eigenvalue weighted by Crippen LogP contribution is -2.67. The van der Waals surface area contributed by atoms with Crippen LogP contribution in [0.1, 0.15) is 29.5 Å². The van der Waals surface area contributed by atoms with E-state index in [1.54, 1.807) is 42.5 Å². The van der Waals surface area contributed by atoms with Gasteiger partial charge in [-0.2, -0.15) is 0 Å². The Morgan fingerprint density at radius 1 is 0.848 bits per heavy atom. The molecule has 4 aromatic rings. The summed E-state index contributed by atoms with van der Waals surface area (Å²) in [5.41, 5.74) is 0.496. The third-order valence-electron chi connectivity index (χ3n) is 8.88. The van der Waals surface area contributed by atoms with Gasteiger partial charge < -0.3 is 9.84 Å². The molecule has 2 heterocycles. The van der Waals surface area contributed by atoms with E-state index in [2.05, 4.69) is 0 Å². The molecule has 1 aliphatic heterocycles. The van der Waals surface area contributed by atoms with Gasteiger partial charge in [0.05, 0.1) is 18.3 Å². The Labute approximate surface area is 281 Å². The zero-order valence-corrected chi connectivity index (χ0v) is 26.7. The van der Waals surface area contributed by atoms with Crippen LogP contribution in [-0.4, -0.2) is 40.4 Å². The summed E-state index contributed by atoms with van der Waals surface area (Å²) >= 11 is 27.0. The lowest BCUT2D eigenvalue weighted by molar-refractivity contribution is -0.128. The van der Waals surface area contributed by atoms with E-state index in [1.807, 2.05) is 30.3 Å². The average Bonchev–Trinajstić information content (AvgIpc) is 3.32. The van der Waals surface area contributed by atoms with Crippen molar-refractivity contribution < 1.29 is 19.4 Å². The van der Waals surface area contributed by atoms with Crippen LogP contribution >= 0.6 is 46.4 Å². The Bertz CT molecular complexity index is 2120. The van der Waals surface area contributed by atoms with E-state index in [-0.39, 0.29) is 30.9 Å². The molecule has 1 fully saturated rings. The van der Waals surface area contributed by atoms with E-state index in [0.29, 0.717) is 17.0 Å². The first-order chi connectivity index (χ1) is 22.0. The quantitative estimate of drug-likeness (QED) is 0.216. The monoisotopic (exact) mass is 697 g/mol. The van der Waals surface area contributed by atoms with Crippen molar-refractivity contribution in [2.45, 2.75) is 41.3 Å². The molecule has 0 spiro atoms. The number of para-hydroxylation sites is 1. The number of carbonyl (C=O) groups excluding carboxylic acids is 2. The number of hydrogen-bond donors (Lipinski definition) is 1. The van der Waals surface area contributed by atoms with Crippen molar-refractivity contribution in [2.75, 3.05) is 0 Å². The molecule has 1 N–H and O–H groups in total. The standard InChI is InChI=1S/C33H23Cl4N3O6/c34-26-27(35)29(43)33(37)25(22-12-11-20(15-24(22)41)46-17-18-7-3-1-4-8-18)21-13-14-38-30(44)39(19-9-5-2-6-10-19)31(45)40(38)23(21)16-32(33,36)28(26)42/h1-13,15,23,25,41H,14,16-17H2. The first-order valence-electron chi connectivity index (χ1n) is 14.2. The molecule has 1 saturated carbocycles. The predicted molar refractivity (Wildman–Crippen MR) is 174 cm³/mol. The van der Waals surface area contributed by atoms with Gasteiger partial charge in [-0.1, -0.05) is 83.9 Å². The van der Waals surface area contributed by atoms with Crippen molar-refractivity contribution in [1.82, 2.24) is 13.9 Å². The van der Waals surface area contributed by atoms with Crippen molar-refractivity contribution >= 4 is 58.0 Å².